The van der Waals surface area contributed by atoms with E-state index in [1.807, 2.05) is 121 Å². The Balaban J connectivity index is 1.86. The van der Waals surface area contributed by atoms with Crippen molar-refractivity contribution in [2.24, 2.45) is 0 Å². The minimum Gasteiger partial charge on any atom is -0.340 e. The molecule has 0 fully saturated rings. The molecule has 0 aliphatic heterocycles. The van der Waals surface area contributed by atoms with Crippen molar-refractivity contribution in [1.82, 2.24) is 0 Å². The predicted octanol–water partition coefficient (Wildman–Crippen LogP) is 15.9. The Hall–Kier alpha value is -3.50. The van der Waals surface area contributed by atoms with E-state index in [1.54, 1.807) is 0 Å². The van der Waals surface area contributed by atoms with Crippen LogP contribution in [0, 0.1) is 0 Å². The van der Waals surface area contributed by atoms with Gasteiger partial charge in [-0.05, 0) is 158 Å². The molecule has 7 heteroatoms. The third kappa shape index (κ3) is 9.06. The van der Waals surface area contributed by atoms with Gasteiger partial charge in [0.1, 0.15) is 11.2 Å². The molecule has 0 unspecified atom stereocenters. The number of halogens is 6. The fourth-order valence-electron chi connectivity index (χ4n) is 7.05. The summed E-state index contributed by atoms with van der Waals surface area (Å²) in [6.45, 7) is 8.36. The second-order valence-corrected chi connectivity index (χ2v) is 16.7. The van der Waals surface area contributed by atoms with Gasteiger partial charge < -0.3 is 4.74 Å². The van der Waals surface area contributed by atoms with Crippen LogP contribution in [0.5, 0.6) is 0 Å². The quantitative estimate of drug-likeness (QED) is 0.0881. The van der Waals surface area contributed by atoms with E-state index in [-0.39, 0.29) is 0 Å². The van der Waals surface area contributed by atoms with Gasteiger partial charge in [-0.2, -0.15) is 0 Å². The molecule has 6 aromatic carbocycles. The highest BCUT2D eigenvalue weighted by atomic mass is 35.5. The third-order valence-electron chi connectivity index (χ3n) is 9.66. The lowest BCUT2D eigenvalue weighted by Crippen LogP contribution is -2.45. The molecule has 280 valence electrons. The fourth-order valence-corrected chi connectivity index (χ4v) is 7.94. The lowest BCUT2D eigenvalue weighted by atomic mass is 9.73. The molecule has 0 radical (unpaired) electrons. The van der Waals surface area contributed by atoms with Crippen LogP contribution in [0.4, 0.5) is 0 Å². The second kappa shape index (κ2) is 17.7. The van der Waals surface area contributed by atoms with E-state index in [0.29, 0.717) is 43.0 Å². The molecule has 0 spiro atoms. The molecule has 0 atom stereocenters. The number of benzene rings is 6. The summed E-state index contributed by atoms with van der Waals surface area (Å²) in [4.78, 5) is 0. The molecule has 0 aliphatic rings. The van der Waals surface area contributed by atoms with Gasteiger partial charge in [0.15, 0.2) is 0 Å². The van der Waals surface area contributed by atoms with Gasteiger partial charge >= 0.3 is 0 Å². The SMILES string of the molecule is CC(C)=CCc1cc(Cl)ccc1C(OC(c1ccc(Cl)cc1)(c1ccc(Cl)cc1)c1ccc(Cl)cc1CC=C(C)C)(c1ccc(Cl)cc1)c1ccc(Cl)cc1. The smallest absolute Gasteiger partial charge is 0.146 e. The fraction of sp³-hybridized carbons (Fsp3) is 0.167. The summed E-state index contributed by atoms with van der Waals surface area (Å²) in [5, 5.41) is 3.61. The third-order valence-corrected chi connectivity index (χ3v) is 11.1. The summed E-state index contributed by atoms with van der Waals surface area (Å²) < 4.78 is 8.38. The minimum absolute atomic E-state index is 0.595. The largest absolute Gasteiger partial charge is 0.340 e. The normalized spacial score (nSPS) is 11.7. The zero-order valence-electron chi connectivity index (χ0n) is 30.9. The zero-order valence-corrected chi connectivity index (χ0v) is 35.5. The molecule has 1 nitrogen and oxygen atoms in total. The van der Waals surface area contributed by atoms with E-state index < -0.39 is 11.2 Å². The number of hydrogen-bond donors (Lipinski definition) is 0. The van der Waals surface area contributed by atoms with Crippen molar-refractivity contribution in [3.05, 3.63) is 231 Å². The Kier molecular flexibility index (Phi) is 13.3. The van der Waals surface area contributed by atoms with Gasteiger partial charge in [0, 0.05) is 30.1 Å². The monoisotopic (exact) mass is 842 g/mol. The topological polar surface area (TPSA) is 9.23 Å². The van der Waals surface area contributed by atoms with Crippen LogP contribution in [0.1, 0.15) is 72.2 Å². The highest BCUT2D eigenvalue weighted by Crippen LogP contribution is 2.53. The number of hydrogen-bond acceptors (Lipinski definition) is 1. The molecular weight excluding hydrogens is 805 g/mol. The first-order valence-electron chi connectivity index (χ1n) is 17.9. The zero-order chi connectivity index (χ0) is 39.3. The van der Waals surface area contributed by atoms with Gasteiger partial charge in [-0.15, -0.1) is 0 Å². The van der Waals surface area contributed by atoms with Crippen molar-refractivity contribution in [2.75, 3.05) is 0 Å². The number of rotatable bonds is 12. The summed E-state index contributed by atoms with van der Waals surface area (Å²) in [6.07, 6.45) is 5.61. The van der Waals surface area contributed by atoms with Crippen LogP contribution in [0.25, 0.3) is 0 Å². The molecule has 0 aromatic heterocycles. The van der Waals surface area contributed by atoms with Crippen molar-refractivity contribution in [2.45, 2.75) is 51.7 Å². The van der Waals surface area contributed by atoms with Crippen molar-refractivity contribution >= 4 is 69.6 Å². The Labute approximate surface area is 355 Å². The van der Waals surface area contributed by atoms with Crippen molar-refractivity contribution in [3.8, 4) is 0 Å². The molecule has 0 aliphatic carbocycles. The molecule has 6 aromatic rings. The standard InChI is InChI=1S/C48H40Cl6O/c1-31(2)5-7-33-29-43(53)25-27-45(33)47(35-9-17-39(49)18-10-35,36-11-19-40(50)20-12-36)55-48(37-13-21-41(51)22-14-37,38-15-23-42(52)24-16-38)46-28-26-44(54)30-34(46)8-6-32(3)4/h5-6,9-30H,7-8H2,1-4H3. The first-order valence-corrected chi connectivity index (χ1v) is 20.2. The summed E-state index contributed by atoms with van der Waals surface area (Å²) in [5.41, 5.74) is 6.83. The van der Waals surface area contributed by atoms with Crippen LogP contribution in [0.2, 0.25) is 30.1 Å². The summed E-state index contributed by atoms with van der Waals surface area (Å²) >= 11 is 40.2. The van der Waals surface area contributed by atoms with Crippen LogP contribution in [-0.4, -0.2) is 0 Å². The van der Waals surface area contributed by atoms with Gasteiger partial charge in [0.2, 0.25) is 0 Å². The van der Waals surface area contributed by atoms with Gasteiger partial charge in [-0.1, -0.05) is 154 Å². The van der Waals surface area contributed by atoms with Crippen molar-refractivity contribution < 1.29 is 4.74 Å². The first-order chi connectivity index (χ1) is 26.3. The van der Waals surface area contributed by atoms with Crippen LogP contribution >= 0.6 is 69.6 Å². The molecule has 55 heavy (non-hydrogen) atoms. The van der Waals surface area contributed by atoms with E-state index in [9.17, 15) is 0 Å². The van der Waals surface area contributed by atoms with Crippen molar-refractivity contribution in [1.29, 1.82) is 0 Å². The Morgan fingerprint density at radius 2 is 0.655 bits per heavy atom. The van der Waals surface area contributed by atoms with E-state index in [1.165, 1.54) is 11.1 Å². The average molecular weight is 846 g/mol. The maximum absolute atomic E-state index is 8.38. The van der Waals surface area contributed by atoms with Gasteiger partial charge in [-0.3, -0.25) is 0 Å². The molecule has 0 N–H and O–H groups in total. The average Bonchev–Trinajstić information content (AvgIpc) is 3.16. The number of allylic oxidation sites excluding steroid dienone is 4. The van der Waals surface area contributed by atoms with Crippen LogP contribution in [0.15, 0.2) is 157 Å². The lowest BCUT2D eigenvalue weighted by Gasteiger charge is -2.47. The Morgan fingerprint density at radius 1 is 0.400 bits per heavy atom. The van der Waals surface area contributed by atoms with E-state index in [2.05, 4.69) is 52.0 Å². The summed E-state index contributed by atoms with van der Waals surface area (Å²) in [6, 6.07) is 43.4. The molecule has 0 amide bonds. The first kappa shape index (κ1) is 41.1. The minimum atomic E-state index is -1.32. The Morgan fingerprint density at radius 3 is 0.909 bits per heavy atom. The maximum Gasteiger partial charge on any atom is 0.146 e. The molecule has 0 heterocycles. The van der Waals surface area contributed by atoms with Gasteiger partial charge in [0.25, 0.3) is 0 Å². The second-order valence-electron chi connectivity index (χ2n) is 14.1. The molecule has 0 saturated heterocycles. The van der Waals surface area contributed by atoms with Crippen molar-refractivity contribution in [3.63, 3.8) is 0 Å². The molecule has 0 bridgehead atoms. The van der Waals surface area contributed by atoms with E-state index in [0.717, 1.165) is 44.5 Å². The highest BCUT2D eigenvalue weighted by Gasteiger charge is 2.50. The number of ether oxygens (including phenoxy) is 1. The van der Waals surface area contributed by atoms with Gasteiger partial charge in [-0.25, -0.2) is 0 Å². The van der Waals surface area contributed by atoms with Crippen LogP contribution in [0.3, 0.4) is 0 Å². The van der Waals surface area contributed by atoms with E-state index >= 15 is 0 Å². The van der Waals surface area contributed by atoms with Crippen LogP contribution in [-0.2, 0) is 28.8 Å². The lowest BCUT2D eigenvalue weighted by molar-refractivity contribution is -0.0817. The van der Waals surface area contributed by atoms with Crippen LogP contribution < -0.4 is 0 Å². The summed E-state index contributed by atoms with van der Waals surface area (Å²) in [5.74, 6) is 0. The predicted molar refractivity (Wildman–Crippen MR) is 236 cm³/mol. The molecular formula is C48H40Cl6O. The Bertz CT molecular complexity index is 2060. The molecule has 6 rings (SSSR count). The molecule has 0 saturated carbocycles. The maximum atomic E-state index is 8.38. The highest BCUT2D eigenvalue weighted by molar-refractivity contribution is 6.32. The van der Waals surface area contributed by atoms with Gasteiger partial charge in [0.05, 0.1) is 0 Å². The van der Waals surface area contributed by atoms with E-state index in [4.69, 9.17) is 74.3 Å². The summed E-state index contributed by atoms with van der Waals surface area (Å²) in [7, 11) is 0.